The Morgan fingerprint density at radius 3 is 2.20 bits per heavy atom. The zero-order valence-electron chi connectivity index (χ0n) is 9.37. The van der Waals surface area contributed by atoms with E-state index < -0.39 is 9.84 Å². The lowest BCUT2D eigenvalue weighted by atomic mass is 10.2. The van der Waals surface area contributed by atoms with Crippen LogP contribution in [0.25, 0.3) is 0 Å². The number of hydrogen-bond acceptors (Lipinski definition) is 3. The second-order valence-corrected chi connectivity index (χ2v) is 6.09. The highest BCUT2D eigenvalue weighted by Crippen LogP contribution is 2.04. The standard InChI is InChI=1S/C10H21NO3S/c1-2-3-8-15(13,14)9-6-4-5-7-10(11)12/h2-9H2,1H3,(H2,11,12). The Hall–Kier alpha value is -0.580. The summed E-state index contributed by atoms with van der Waals surface area (Å²) in [6.07, 6.45) is 4.09. The maximum Gasteiger partial charge on any atom is 0.217 e. The molecule has 0 heterocycles. The zero-order valence-corrected chi connectivity index (χ0v) is 10.2. The van der Waals surface area contributed by atoms with Gasteiger partial charge in [0.05, 0.1) is 11.5 Å². The smallest absolute Gasteiger partial charge is 0.217 e. The predicted molar refractivity (Wildman–Crippen MR) is 61.2 cm³/mol. The average Bonchev–Trinajstić information content (AvgIpc) is 2.14. The van der Waals surface area contributed by atoms with E-state index in [1.165, 1.54) is 0 Å². The molecule has 4 nitrogen and oxygen atoms in total. The van der Waals surface area contributed by atoms with Crippen LogP contribution in [0.2, 0.25) is 0 Å². The fourth-order valence-corrected chi connectivity index (χ4v) is 2.84. The van der Waals surface area contributed by atoms with Crippen molar-refractivity contribution in [1.29, 1.82) is 0 Å². The van der Waals surface area contributed by atoms with Crippen molar-refractivity contribution >= 4 is 15.7 Å². The molecule has 0 rings (SSSR count). The molecule has 0 saturated heterocycles. The highest BCUT2D eigenvalue weighted by Gasteiger charge is 2.09. The van der Waals surface area contributed by atoms with E-state index in [0.717, 1.165) is 19.3 Å². The van der Waals surface area contributed by atoms with E-state index in [0.29, 0.717) is 25.0 Å². The van der Waals surface area contributed by atoms with Gasteiger partial charge in [0.2, 0.25) is 5.91 Å². The molecule has 0 saturated carbocycles. The fourth-order valence-electron chi connectivity index (χ4n) is 1.26. The second kappa shape index (κ2) is 7.68. The van der Waals surface area contributed by atoms with Crippen molar-refractivity contribution in [2.24, 2.45) is 5.73 Å². The fraction of sp³-hybridized carbons (Fsp3) is 0.900. The minimum absolute atomic E-state index is 0.242. The highest BCUT2D eigenvalue weighted by molar-refractivity contribution is 7.91. The van der Waals surface area contributed by atoms with Crippen molar-refractivity contribution in [2.45, 2.75) is 45.4 Å². The summed E-state index contributed by atoms with van der Waals surface area (Å²) in [5, 5.41) is 0. The number of carbonyl (C=O) groups excluding carboxylic acids is 1. The number of sulfone groups is 1. The number of amides is 1. The van der Waals surface area contributed by atoms with Gasteiger partial charge in [0.25, 0.3) is 0 Å². The van der Waals surface area contributed by atoms with Crippen LogP contribution in [0.15, 0.2) is 0 Å². The summed E-state index contributed by atoms with van der Waals surface area (Å²) in [6.45, 7) is 1.97. The summed E-state index contributed by atoms with van der Waals surface area (Å²) in [6, 6.07) is 0. The highest BCUT2D eigenvalue weighted by atomic mass is 32.2. The van der Waals surface area contributed by atoms with Crippen LogP contribution in [0.4, 0.5) is 0 Å². The van der Waals surface area contributed by atoms with Crippen LogP contribution in [0.3, 0.4) is 0 Å². The summed E-state index contributed by atoms with van der Waals surface area (Å²) in [4.78, 5) is 10.4. The third kappa shape index (κ3) is 9.72. The molecule has 0 aromatic heterocycles. The number of carbonyl (C=O) groups is 1. The lowest BCUT2D eigenvalue weighted by Crippen LogP contribution is -2.12. The molecule has 0 aromatic rings. The molecule has 90 valence electrons. The molecule has 0 atom stereocenters. The van der Waals surface area contributed by atoms with Gasteiger partial charge in [-0.15, -0.1) is 0 Å². The van der Waals surface area contributed by atoms with Gasteiger partial charge in [-0.1, -0.05) is 19.8 Å². The molecular weight excluding hydrogens is 214 g/mol. The summed E-state index contributed by atoms with van der Waals surface area (Å²) >= 11 is 0. The van der Waals surface area contributed by atoms with Gasteiger partial charge in [-0.2, -0.15) is 0 Å². The van der Waals surface area contributed by atoms with Crippen LogP contribution in [-0.2, 0) is 14.6 Å². The molecule has 0 fully saturated rings. The third-order valence-electron chi connectivity index (χ3n) is 2.19. The largest absolute Gasteiger partial charge is 0.370 e. The third-order valence-corrected chi connectivity index (χ3v) is 4.01. The topological polar surface area (TPSA) is 77.2 Å². The molecule has 15 heavy (non-hydrogen) atoms. The first-order valence-corrected chi connectivity index (χ1v) is 7.29. The van der Waals surface area contributed by atoms with Gasteiger partial charge >= 0.3 is 0 Å². The van der Waals surface area contributed by atoms with Gasteiger partial charge in [0, 0.05) is 6.42 Å². The van der Waals surface area contributed by atoms with Crippen molar-refractivity contribution in [1.82, 2.24) is 0 Å². The van der Waals surface area contributed by atoms with Gasteiger partial charge in [0.15, 0.2) is 0 Å². The first kappa shape index (κ1) is 14.4. The van der Waals surface area contributed by atoms with Gasteiger partial charge in [-0.05, 0) is 19.3 Å². The van der Waals surface area contributed by atoms with E-state index in [9.17, 15) is 13.2 Å². The Balaban J connectivity index is 3.53. The maximum atomic E-state index is 11.4. The van der Waals surface area contributed by atoms with Gasteiger partial charge in [0.1, 0.15) is 9.84 Å². The monoisotopic (exact) mass is 235 g/mol. The molecule has 0 aromatic carbocycles. The molecule has 5 heteroatoms. The minimum atomic E-state index is -2.86. The van der Waals surface area contributed by atoms with Crippen molar-refractivity contribution in [2.75, 3.05) is 11.5 Å². The SMILES string of the molecule is CCCCS(=O)(=O)CCCCCC(N)=O. The van der Waals surface area contributed by atoms with Crippen LogP contribution in [0, 0.1) is 0 Å². The number of hydrogen-bond donors (Lipinski definition) is 1. The second-order valence-electron chi connectivity index (χ2n) is 3.78. The number of primary amides is 1. The van der Waals surface area contributed by atoms with Crippen LogP contribution in [0.5, 0.6) is 0 Å². The first-order valence-electron chi connectivity index (χ1n) is 5.46. The Kier molecular flexibility index (Phi) is 7.38. The molecule has 0 bridgehead atoms. The van der Waals surface area contributed by atoms with Crippen molar-refractivity contribution in [3.63, 3.8) is 0 Å². The summed E-state index contributed by atoms with van der Waals surface area (Å²) < 4.78 is 22.8. The molecule has 0 aliphatic rings. The number of nitrogens with two attached hydrogens (primary N) is 1. The van der Waals surface area contributed by atoms with E-state index in [2.05, 4.69) is 0 Å². The summed E-state index contributed by atoms with van der Waals surface area (Å²) in [7, 11) is -2.86. The Labute approximate surface area is 92.2 Å². The van der Waals surface area contributed by atoms with E-state index in [-0.39, 0.29) is 11.7 Å². The summed E-state index contributed by atoms with van der Waals surface area (Å²) in [5.41, 5.74) is 4.97. The van der Waals surface area contributed by atoms with E-state index in [1.807, 2.05) is 6.92 Å². The van der Waals surface area contributed by atoms with E-state index >= 15 is 0 Å². The molecule has 0 unspecified atom stereocenters. The Morgan fingerprint density at radius 1 is 1.07 bits per heavy atom. The lowest BCUT2D eigenvalue weighted by molar-refractivity contribution is -0.118. The van der Waals surface area contributed by atoms with Crippen molar-refractivity contribution < 1.29 is 13.2 Å². The van der Waals surface area contributed by atoms with Crippen molar-refractivity contribution in [3.8, 4) is 0 Å². The van der Waals surface area contributed by atoms with E-state index in [1.54, 1.807) is 0 Å². The normalized spacial score (nSPS) is 11.5. The molecule has 0 aliphatic heterocycles. The van der Waals surface area contributed by atoms with Crippen molar-refractivity contribution in [3.05, 3.63) is 0 Å². The molecule has 0 radical (unpaired) electrons. The first-order chi connectivity index (χ1) is 6.98. The zero-order chi connectivity index (χ0) is 11.7. The lowest BCUT2D eigenvalue weighted by Gasteiger charge is -2.02. The summed E-state index contributed by atoms with van der Waals surface area (Å²) in [5.74, 6) is 0.217. The average molecular weight is 235 g/mol. The van der Waals surface area contributed by atoms with Crippen LogP contribution in [-0.4, -0.2) is 25.8 Å². The Bertz CT molecular complexity index is 272. The molecule has 2 N–H and O–H groups in total. The van der Waals surface area contributed by atoms with Crippen LogP contribution >= 0.6 is 0 Å². The molecule has 1 amide bonds. The maximum absolute atomic E-state index is 11.4. The van der Waals surface area contributed by atoms with Gasteiger partial charge < -0.3 is 5.73 Å². The van der Waals surface area contributed by atoms with Gasteiger partial charge in [-0.3, -0.25) is 4.79 Å². The number of rotatable bonds is 9. The van der Waals surface area contributed by atoms with Gasteiger partial charge in [-0.25, -0.2) is 8.42 Å². The Morgan fingerprint density at radius 2 is 1.67 bits per heavy atom. The van der Waals surface area contributed by atoms with Crippen LogP contribution < -0.4 is 5.73 Å². The molecule has 0 spiro atoms. The molecular formula is C10H21NO3S. The number of unbranched alkanes of at least 4 members (excludes halogenated alkanes) is 3. The molecule has 0 aliphatic carbocycles. The van der Waals surface area contributed by atoms with E-state index in [4.69, 9.17) is 5.73 Å². The minimum Gasteiger partial charge on any atom is -0.370 e. The van der Waals surface area contributed by atoms with Crippen LogP contribution in [0.1, 0.15) is 45.4 Å². The predicted octanol–water partition coefficient (Wildman–Crippen LogP) is 1.25. The quantitative estimate of drug-likeness (QED) is 0.611.